The van der Waals surface area contributed by atoms with Crippen LogP contribution in [0.5, 0.6) is 0 Å². The molecule has 2 heteroatoms. The van der Waals surface area contributed by atoms with E-state index in [-0.39, 0.29) is 0 Å². The molecule has 2 aromatic carbocycles. The Morgan fingerprint density at radius 2 is 1.83 bits per heavy atom. The Bertz CT molecular complexity index is 488. The normalized spacial score (nSPS) is 12.2. The second-order valence-electron chi connectivity index (χ2n) is 4.75. The zero-order valence-electron chi connectivity index (χ0n) is 10.8. The van der Waals surface area contributed by atoms with Gasteiger partial charge in [0.1, 0.15) is 0 Å². The lowest BCUT2D eigenvalue weighted by atomic mass is 10.1. The average Bonchev–Trinajstić information content (AvgIpc) is 2.28. The van der Waals surface area contributed by atoms with Gasteiger partial charge in [0, 0.05) is 16.2 Å². The third-order valence-corrected chi connectivity index (χ3v) is 3.30. The average molecular weight is 304 g/mol. The summed E-state index contributed by atoms with van der Waals surface area (Å²) in [6.07, 6.45) is 1.03. The maximum Gasteiger partial charge on any atom is 0.0356 e. The van der Waals surface area contributed by atoms with Gasteiger partial charge in [0.25, 0.3) is 0 Å². The monoisotopic (exact) mass is 303 g/mol. The first-order valence-electron chi connectivity index (χ1n) is 6.21. The number of aryl methyl sites for hydroxylation is 1. The first kappa shape index (κ1) is 13.2. The van der Waals surface area contributed by atoms with Gasteiger partial charge < -0.3 is 5.32 Å². The molecule has 2 rings (SSSR count). The molecule has 0 heterocycles. The maximum atomic E-state index is 3.54. The predicted octanol–water partition coefficient (Wildman–Crippen LogP) is 4.80. The van der Waals surface area contributed by atoms with Gasteiger partial charge in [-0.3, -0.25) is 0 Å². The highest BCUT2D eigenvalue weighted by molar-refractivity contribution is 9.10. The van der Waals surface area contributed by atoms with Crippen molar-refractivity contribution in [3.8, 4) is 0 Å². The summed E-state index contributed by atoms with van der Waals surface area (Å²) >= 11 is 3.53. The van der Waals surface area contributed by atoms with Crippen LogP contribution in [0.1, 0.15) is 18.1 Å². The molecule has 0 spiro atoms. The van der Waals surface area contributed by atoms with Gasteiger partial charge in [-0.1, -0.05) is 46.3 Å². The van der Waals surface area contributed by atoms with Crippen molar-refractivity contribution in [2.75, 3.05) is 5.32 Å². The molecule has 0 bridgehead atoms. The summed E-state index contributed by atoms with van der Waals surface area (Å²) in [6, 6.07) is 17.4. The summed E-state index contributed by atoms with van der Waals surface area (Å²) in [6.45, 7) is 4.32. The minimum atomic E-state index is 0.418. The molecule has 0 saturated carbocycles. The fourth-order valence-electron chi connectivity index (χ4n) is 2.12. The zero-order chi connectivity index (χ0) is 13.0. The molecule has 1 N–H and O–H groups in total. The zero-order valence-corrected chi connectivity index (χ0v) is 12.4. The third-order valence-electron chi connectivity index (χ3n) is 2.84. The van der Waals surface area contributed by atoms with Crippen LogP contribution in [0.2, 0.25) is 0 Å². The van der Waals surface area contributed by atoms with Crippen molar-refractivity contribution in [3.05, 3.63) is 64.1 Å². The highest BCUT2D eigenvalue weighted by Gasteiger charge is 2.04. The van der Waals surface area contributed by atoms with Crippen molar-refractivity contribution in [3.63, 3.8) is 0 Å². The standard InChI is InChI=1S/C16H18BrN/c1-12-8-15(17)11-16(9-12)18-13(2)10-14-6-4-3-5-7-14/h3-9,11,13,18H,10H2,1-2H3. The Labute approximate surface area is 117 Å². The highest BCUT2D eigenvalue weighted by Crippen LogP contribution is 2.20. The van der Waals surface area contributed by atoms with E-state index in [1.807, 2.05) is 0 Å². The molecular weight excluding hydrogens is 286 g/mol. The van der Waals surface area contributed by atoms with E-state index in [1.54, 1.807) is 0 Å². The van der Waals surface area contributed by atoms with Crippen molar-refractivity contribution in [2.24, 2.45) is 0 Å². The van der Waals surface area contributed by atoms with Gasteiger partial charge in [-0.15, -0.1) is 0 Å². The molecule has 1 unspecified atom stereocenters. The van der Waals surface area contributed by atoms with Crippen LogP contribution in [0.25, 0.3) is 0 Å². The summed E-state index contributed by atoms with van der Waals surface area (Å²) in [5.41, 5.74) is 3.80. The van der Waals surface area contributed by atoms with Gasteiger partial charge in [-0.2, -0.15) is 0 Å². The molecule has 0 aliphatic carbocycles. The van der Waals surface area contributed by atoms with E-state index in [9.17, 15) is 0 Å². The van der Waals surface area contributed by atoms with Gasteiger partial charge in [-0.05, 0) is 49.6 Å². The summed E-state index contributed by atoms with van der Waals surface area (Å²) in [7, 11) is 0. The van der Waals surface area contributed by atoms with Gasteiger partial charge in [0.05, 0.1) is 0 Å². The van der Waals surface area contributed by atoms with E-state index in [2.05, 4.69) is 83.6 Å². The van der Waals surface area contributed by atoms with E-state index in [0.29, 0.717) is 6.04 Å². The molecule has 94 valence electrons. The first-order chi connectivity index (χ1) is 8.63. The molecule has 0 aliphatic heterocycles. The molecular formula is C16H18BrN. The Morgan fingerprint density at radius 1 is 1.11 bits per heavy atom. The molecule has 0 aromatic heterocycles. The van der Waals surface area contributed by atoms with Crippen molar-refractivity contribution < 1.29 is 0 Å². The highest BCUT2D eigenvalue weighted by atomic mass is 79.9. The van der Waals surface area contributed by atoms with Crippen LogP contribution >= 0.6 is 15.9 Å². The Balaban J connectivity index is 2.01. The smallest absolute Gasteiger partial charge is 0.0356 e. The van der Waals surface area contributed by atoms with Crippen molar-refractivity contribution >= 4 is 21.6 Å². The number of nitrogens with one attached hydrogen (secondary N) is 1. The lowest BCUT2D eigenvalue weighted by Crippen LogP contribution is -2.18. The van der Waals surface area contributed by atoms with Crippen molar-refractivity contribution in [2.45, 2.75) is 26.3 Å². The van der Waals surface area contributed by atoms with Gasteiger partial charge in [0.15, 0.2) is 0 Å². The number of rotatable bonds is 4. The Kier molecular flexibility index (Phi) is 4.43. The second-order valence-corrected chi connectivity index (χ2v) is 5.67. The number of halogens is 1. The van der Waals surface area contributed by atoms with Crippen LogP contribution < -0.4 is 5.32 Å². The minimum Gasteiger partial charge on any atom is -0.382 e. The predicted molar refractivity (Wildman–Crippen MR) is 82.1 cm³/mol. The fourth-order valence-corrected chi connectivity index (χ4v) is 2.73. The molecule has 0 radical (unpaired) electrons. The maximum absolute atomic E-state index is 3.54. The molecule has 1 nitrogen and oxygen atoms in total. The Hall–Kier alpha value is -1.28. The van der Waals surface area contributed by atoms with Crippen LogP contribution in [-0.2, 0) is 6.42 Å². The molecule has 0 fully saturated rings. The molecule has 2 aromatic rings. The summed E-state index contributed by atoms with van der Waals surface area (Å²) in [5, 5.41) is 3.54. The number of benzene rings is 2. The number of anilines is 1. The molecule has 0 saturated heterocycles. The van der Waals surface area contributed by atoms with Crippen LogP contribution in [0.4, 0.5) is 5.69 Å². The number of hydrogen-bond acceptors (Lipinski definition) is 1. The second kappa shape index (κ2) is 6.05. The van der Waals surface area contributed by atoms with E-state index >= 15 is 0 Å². The van der Waals surface area contributed by atoms with Gasteiger partial charge >= 0.3 is 0 Å². The van der Waals surface area contributed by atoms with Crippen LogP contribution in [0, 0.1) is 6.92 Å². The largest absolute Gasteiger partial charge is 0.382 e. The topological polar surface area (TPSA) is 12.0 Å². The summed E-state index contributed by atoms with van der Waals surface area (Å²) < 4.78 is 1.12. The molecule has 0 amide bonds. The molecule has 1 atom stereocenters. The quantitative estimate of drug-likeness (QED) is 0.855. The van der Waals surface area contributed by atoms with E-state index in [1.165, 1.54) is 16.8 Å². The third kappa shape index (κ3) is 3.88. The lowest BCUT2D eigenvalue weighted by Gasteiger charge is -2.16. The number of hydrogen-bond donors (Lipinski definition) is 1. The van der Waals surface area contributed by atoms with E-state index in [4.69, 9.17) is 0 Å². The first-order valence-corrected chi connectivity index (χ1v) is 7.00. The minimum absolute atomic E-state index is 0.418. The fraction of sp³-hybridized carbons (Fsp3) is 0.250. The lowest BCUT2D eigenvalue weighted by molar-refractivity contribution is 0.790. The van der Waals surface area contributed by atoms with Crippen molar-refractivity contribution in [1.29, 1.82) is 0 Å². The SMILES string of the molecule is Cc1cc(Br)cc(NC(C)Cc2ccccc2)c1. The van der Waals surface area contributed by atoms with Gasteiger partial charge in [0.2, 0.25) is 0 Å². The van der Waals surface area contributed by atoms with Crippen LogP contribution in [-0.4, -0.2) is 6.04 Å². The Morgan fingerprint density at radius 3 is 2.50 bits per heavy atom. The van der Waals surface area contributed by atoms with Crippen molar-refractivity contribution in [1.82, 2.24) is 0 Å². The van der Waals surface area contributed by atoms with E-state index < -0.39 is 0 Å². The summed E-state index contributed by atoms with van der Waals surface area (Å²) in [4.78, 5) is 0. The van der Waals surface area contributed by atoms with Gasteiger partial charge in [-0.25, -0.2) is 0 Å². The van der Waals surface area contributed by atoms with Crippen LogP contribution in [0.3, 0.4) is 0 Å². The molecule has 18 heavy (non-hydrogen) atoms. The van der Waals surface area contributed by atoms with E-state index in [0.717, 1.165) is 10.9 Å². The summed E-state index contributed by atoms with van der Waals surface area (Å²) in [5.74, 6) is 0. The van der Waals surface area contributed by atoms with Crippen LogP contribution in [0.15, 0.2) is 53.0 Å². The molecule has 0 aliphatic rings.